The minimum atomic E-state index is -3.17. The molecule has 27 heteroatoms. The maximum absolute atomic E-state index is 15.2. The highest BCUT2D eigenvalue weighted by Gasteiger charge is 2.39. The molecule has 0 heterocycles. The molecule has 8 rings (SSSR count). The molecule has 0 saturated heterocycles. The average Bonchev–Trinajstić information content (AvgIpc) is 3.48. The van der Waals surface area contributed by atoms with Crippen molar-refractivity contribution in [1.82, 2.24) is 0 Å². The monoisotopic (exact) mass is 1110 g/mol. The zero-order valence-electron chi connectivity index (χ0n) is 36.0. The molecule has 8 aromatic carbocycles. The Morgan fingerprint density at radius 3 is 0.947 bits per heavy atom. The lowest BCUT2D eigenvalue weighted by Crippen LogP contribution is -2.24. The van der Waals surface area contributed by atoms with Gasteiger partial charge in [0.15, 0.2) is 49.5 Å². The highest BCUT2D eigenvalue weighted by molar-refractivity contribution is 7.97. The summed E-state index contributed by atoms with van der Waals surface area (Å²) in [4.78, 5) is 15.9. The number of hydrogen-bond donors (Lipinski definition) is 0. The third-order valence-corrected chi connectivity index (χ3v) is 12.2. The summed E-state index contributed by atoms with van der Waals surface area (Å²) in [6, 6.07) is 26.8. The molecule has 0 aromatic heterocycles. The lowest BCUT2D eigenvalue weighted by atomic mass is 9.95. The van der Waals surface area contributed by atoms with Gasteiger partial charge in [0, 0.05) is 11.1 Å². The molecule has 0 spiro atoms. The SMILES string of the molecule is Fc1ccc([S+](c2ccccc2)c2ccccc2)cc1.O=C([O-])c1cc(Oc2c(F)c(F)c(F)c(F)c2F)c(Oc2c(F)c(F)c(F)c(F)c2F)c(Oc2c(F)c(F)c(F)c(F)c2F)c1-c1c(F)c(F)c(F)c(F)c1F. The lowest BCUT2D eigenvalue weighted by molar-refractivity contribution is -0.255. The molecule has 0 aliphatic heterocycles. The molecule has 0 unspecified atom stereocenters. The first-order valence-electron chi connectivity index (χ1n) is 19.9. The van der Waals surface area contributed by atoms with Crippen LogP contribution >= 0.6 is 0 Å². The Morgan fingerprint density at radius 2 is 0.605 bits per heavy atom. The van der Waals surface area contributed by atoms with Gasteiger partial charge in [-0.05, 0) is 54.6 Å². The Kier molecular flexibility index (Phi) is 15.8. The second-order valence-electron chi connectivity index (χ2n) is 14.6. The number of carboxylic acids is 1. The Morgan fingerprint density at radius 1 is 0.316 bits per heavy atom. The van der Waals surface area contributed by atoms with E-state index in [9.17, 15) is 93.3 Å². The third-order valence-electron chi connectivity index (χ3n) is 10.0. The smallest absolute Gasteiger partial charge is 0.213 e. The summed E-state index contributed by atoms with van der Waals surface area (Å²) in [6.07, 6.45) is 0. The van der Waals surface area contributed by atoms with E-state index in [1.807, 2.05) is 48.5 Å². The molecule has 76 heavy (non-hydrogen) atoms. The predicted octanol–water partition coefficient (Wildman–Crippen LogP) is 14.8. The van der Waals surface area contributed by atoms with Crippen LogP contribution in [0.2, 0.25) is 0 Å². The second-order valence-corrected chi connectivity index (χ2v) is 16.6. The summed E-state index contributed by atoms with van der Waals surface area (Å²) in [5, 5.41) is 12.3. The van der Waals surface area contributed by atoms with Crippen LogP contribution in [0, 0.1) is 122 Å². The van der Waals surface area contributed by atoms with Gasteiger partial charge in [-0.15, -0.1) is 0 Å². The van der Waals surface area contributed by atoms with Gasteiger partial charge in [-0.25, -0.2) is 65.9 Å². The number of hydrogen-bond acceptors (Lipinski definition) is 5. The molecule has 0 atom stereocenters. The fraction of sp³-hybridized carbons (Fsp3) is 0. The Labute approximate surface area is 411 Å². The van der Waals surface area contributed by atoms with Crippen LogP contribution in [0.5, 0.6) is 34.5 Å². The summed E-state index contributed by atoms with van der Waals surface area (Å²) < 4.78 is 315. The second kappa shape index (κ2) is 21.8. The van der Waals surface area contributed by atoms with Crippen LogP contribution in [-0.2, 0) is 10.9 Å². The predicted molar refractivity (Wildman–Crippen MR) is 216 cm³/mol. The lowest BCUT2D eigenvalue weighted by Gasteiger charge is -2.24. The molecule has 0 aliphatic rings. The molecular weight excluding hydrogens is 1100 g/mol. The fourth-order valence-corrected chi connectivity index (χ4v) is 8.63. The fourth-order valence-electron chi connectivity index (χ4n) is 6.55. The van der Waals surface area contributed by atoms with Crippen molar-refractivity contribution in [2.24, 2.45) is 0 Å². The molecule has 394 valence electrons. The Balaban J connectivity index is 0.000000348. The van der Waals surface area contributed by atoms with E-state index in [1.165, 1.54) is 21.9 Å². The molecule has 5 nitrogen and oxygen atoms in total. The number of carbonyl (C=O) groups excluding carboxylic acids is 1. The zero-order chi connectivity index (χ0) is 55.9. The van der Waals surface area contributed by atoms with Crippen molar-refractivity contribution < 1.29 is 116 Å². The van der Waals surface area contributed by atoms with Crippen LogP contribution in [0.3, 0.4) is 0 Å². The summed E-state index contributed by atoms with van der Waals surface area (Å²) in [6.45, 7) is 0. The first-order valence-corrected chi connectivity index (χ1v) is 21.2. The number of benzene rings is 8. The van der Waals surface area contributed by atoms with E-state index >= 15 is 8.78 Å². The number of carboxylic acid groups (broad SMARTS) is 1. The van der Waals surface area contributed by atoms with Crippen molar-refractivity contribution in [2.45, 2.75) is 14.7 Å². The molecule has 0 saturated carbocycles. The van der Waals surface area contributed by atoms with Gasteiger partial charge in [-0.2, -0.15) is 26.3 Å². The minimum absolute atomic E-state index is 0.190. The van der Waals surface area contributed by atoms with E-state index in [-0.39, 0.29) is 16.7 Å². The van der Waals surface area contributed by atoms with Gasteiger partial charge >= 0.3 is 0 Å². The van der Waals surface area contributed by atoms with E-state index < -0.39 is 180 Å². The van der Waals surface area contributed by atoms with E-state index in [0.717, 1.165) is 4.90 Å². The van der Waals surface area contributed by atoms with Gasteiger partial charge < -0.3 is 24.1 Å². The van der Waals surface area contributed by atoms with Gasteiger partial charge in [0.05, 0.1) is 22.4 Å². The molecule has 0 N–H and O–H groups in total. The van der Waals surface area contributed by atoms with Gasteiger partial charge in [-0.1, -0.05) is 36.4 Å². The van der Waals surface area contributed by atoms with E-state index in [2.05, 4.69) is 38.5 Å². The van der Waals surface area contributed by atoms with Gasteiger partial charge in [0.25, 0.3) is 0 Å². The zero-order valence-corrected chi connectivity index (χ0v) is 36.9. The maximum Gasteiger partial charge on any atom is 0.213 e. The highest BCUT2D eigenvalue weighted by atomic mass is 32.2. The quantitative estimate of drug-likeness (QED) is 0.0559. The number of carbonyl (C=O) groups is 1. The third kappa shape index (κ3) is 9.95. The number of halogens is 21. The summed E-state index contributed by atoms with van der Waals surface area (Å²) in [5.74, 6) is -81.4. The average molecular weight is 1110 g/mol. The van der Waals surface area contributed by atoms with E-state index in [1.54, 1.807) is 0 Å². The van der Waals surface area contributed by atoms with Crippen molar-refractivity contribution in [3.8, 4) is 45.6 Å². The topological polar surface area (TPSA) is 67.8 Å². The largest absolute Gasteiger partial charge is 0.545 e. The van der Waals surface area contributed by atoms with Crippen molar-refractivity contribution in [1.29, 1.82) is 0 Å². The molecule has 0 radical (unpaired) electrons. The Bertz CT molecular complexity index is 3470. The van der Waals surface area contributed by atoms with Gasteiger partial charge in [-0.3, -0.25) is 0 Å². The molecule has 0 fully saturated rings. The normalized spacial score (nSPS) is 11.2. The molecule has 0 aliphatic carbocycles. The number of aromatic carboxylic acids is 1. The highest BCUT2D eigenvalue weighted by Crippen LogP contribution is 2.55. The molecule has 0 bridgehead atoms. The standard InChI is InChI=1S/C31H2F20O5.C18H14FS/c32-6-5(7(33)9(35)10(36)8(6)34)4-2(31(52)53)1-3(54-28-20(46)14(40)11(37)15(41)21(28)47)26(55-29-22(48)16(42)12(38)17(43)23(29)49)27(4)56-30-24(50)18(44)13(39)19(45)25(30)51;19-15-11-13-18(14-12-15)20(16-7-3-1-4-8-16)17-9-5-2-6-10-17/h1H,(H,52,53);1-14H/q;+1/p-1. The van der Waals surface area contributed by atoms with Crippen molar-refractivity contribution in [2.75, 3.05) is 0 Å². The molecule has 0 amide bonds. The first-order chi connectivity index (χ1) is 35.8. The summed E-state index contributed by atoms with van der Waals surface area (Å²) in [5.41, 5.74) is -7.70. The van der Waals surface area contributed by atoms with Crippen LogP contribution in [0.4, 0.5) is 92.2 Å². The first kappa shape index (κ1) is 55.3. The summed E-state index contributed by atoms with van der Waals surface area (Å²) in [7, 11) is -0.190. The van der Waals surface area contributed by atoms with E-state index in [4.69, 9.17) is 0 Å². The van der Waals surface area contributed by atoms with Crippen molar-refractivity contribution in [3.63, 3.8) is 0 Å². The molecular formula is C49H15F21O5S. The van der Waals surface area contributed by atoms with Crippen molar-refractivity contribution in [3.05, 3.63) is 219 Å². The van der Waals surface area contributed by atoms with E-state index in [0.29, 0.717) is 0 Å². The number of rotatable bonds is 11. The van der Waals surface area contributed by atoms with Gasteiger partial charge in [0.1, 0.15) is 5.82 Å². The molecule has 8 aromatic rings. The van der Waals surface area contributed by atoms with Crippen LogP contribution in [0.25, 0.3) is 11.1 Å². The van der Waals surface area contributed by atoms with Crippen LogP contribution in [0.1, 0.15) is 10.4 Å². The Hall–Kier alpha value is -8.49. The van der Waals surface area contributed by atoms with Crippen LogP contribution in [0.15, 0.2) is 106 Å². The van der Waals surface area contributed by atoms with Crippen LogP contribution < -0.4 is 19.3 Å². The number of ether oxygens (including phenoxy) is 3. The van der Waals surface area contributed by atoms with Crippen LogP contribution in [-0.4, -0.2) is 5.97 Å². The minimum Gasteiger partial charge on any atom is -0.545 e. The summed E-state index contributed by atoms with van der Waals surface area (Å²) >= 11 is 0. The maximum atomic E-state index is 15.2. The van der Waals surface area contributed by atoms with Crippen molar-refractivity contribution >= 4 is 16.9 Å². The van der Waals surface area contributed by atoms with Gasteiger partial charge in [0.2, 0.25) is 116 Å².